The minimum absolute atomic E-state index is 0.211. The van der Waals surface area contributed by atoms with E-state index in [1.54, 1.807) is 0 Å². The Morgan fingerprint density at radius 1 is 1.03 bits per heavy atom. The Morgan fingerprint density at radius 2 is 1.66 bits per heavy atom. The molecule has 0 saturated heterocycles. The standard InChI is InChI=1S/C15H27N7O7/c1-7(14(28)29)21-13(27)9(5-11(24)25)22-10(23)6-20-12(26)8(16)3-2-4-19-15(17)18/h7-9H,2-6,16H2,1H3,(H,20,26)(H,21,27)(H,22,23)(H,24,25)(H,28,29)(H4,17,18,19)/t7-,8-,9-/m0/s1. The summed E-state index contributed by atoms with van der Waals surface area (Å²) >= 11 is 0. The van der Waals surface area contributed by atoms with Crippen molar-refractivity contribution in [3.63, 3.8) is 0 Å². The summed E-state index contributed by atoms with van der Waals surface area (Å²) in [5.74, 6) is -5.42. The number of aliphatic carboxylic acids is 2. The Balaban J connectivity index is 4.53. The summed E-state index contributed by atoms with van der Waals surface area (Å²) in [6.45, 7) is 0.959. The van der Waals surface area contributed by atoms with Crippen LogP contribution in [0.15, 0.2) is 0 Å². The summed E-state index contributed by atoms with van der Waals surface area (Å²) in [5, 5.41) is 33.6. The first kappa shape index (κ1) is 25.6. The topological polar surface area (TPSA) is 250 Å². The molecule has 14 nitrogen and oxygen atoms in total. The van der Waals surface area contributed by atoms with Crippen molar-refractivity contribution in [2.45, 2.75) is 44.3 Å². The molecule has 29 heavy (non-hydrogen) atoms. The Hall–Kier alpha value is -3.42. The highest BCUT2D eigenvalue weighted by molar-refractivity contribution is 5.94. The predicted octanol–water partition coefficient (Wildman–Crippen LogP) is -3.76. The molecule has 0 aromatic carbocycles. The molecule has 0 aliphatic carbocycles. The first-order valence-electron chi connectivity index (χ1n) is 8.59. The second-order valence-electron chi connectivity index (χ2n) is 6.09. The van der Waals surface area contributed by atoms with Gasteiger partial charge in [0.05, 0.1) is 19.0 Å². The summed E-state index contributed by atoms with van der Waals surface area (Å²) in [7, 11) is 0. The lowest BCUT2D eigenvalue weighted by atomic mass is 10.1. The maximum atomic E-state index is 12.0. The molecule has 3 atom stereocenters. The molecule has 0 fully saturated rings. The van der Waals surface area contributed by atoms with Crippen LogP contribution in [0.25, 0.3) is 0 Å². The van der Waals surface area contributed by atoms with E-state index in [1.807, 2.05) is 0 Å². The smallest absolute Gasteiger partial charge is 0.325 e. The molecular weight excluding hydrogens is 390 g/mol. The number of guanidine groups is 1. The molecule has 0 aromatic rings. The number of carboxylic acids is 2. The molecule has 0 heterocycles. The molecule has 0 rings (SSSR count). The van der Waals surface area contributed by atoms with Gasteiger partial charge in [-0.15, -0.1) is 0 Å². The van der Waals surface area contributed by atoms with Gasteiger partial charge in [0.25, 0.3) is 0 Å². The lowest BCUT2D eigenvalue weighted by molar-refractivity contribution is -0.143. The minimum atomic E-state index is -1.52. The van der Waals surface area contributed by atoms with Crippen LogP contribution in [0, 0.1) is 5.41 Å². The van der Waals surface area contributed by atoms with Gasteiger partial charge in [0, 0.05) is 6.54 Å². The number of hydrogen-bond acceptors (Lipinski definition) is 7. The van der Waals surface area contributed by atoms with E-state index in [2.05, 4.69) is 21.3 Å². The molecule has 3 amide bonds. The fraction of sp³-hybridized carbons (Fsp3) is 0.600. The van der Waals surface area contributed by atoms with Crippen molar-refractivity contribution in [1.29, 1.82) is 5.41 Å². The van der Waals surface area contributed by atoms with Crippen molar-refractivity contribution in [3.05, 3.63) is 0 Å². The second-order valence-corrected chi connectivity index (χ2v) is 6.09. The second kappa shape index (κ2) is 12.9. The third-order valence-electron chi connectivity index (χ3n) is 3.53. The number of carbonyl (C=O) groups excluding carboxylic acids is 3. The highest BCUT2D eigenvalue weighted by atomic mass is 16.4. The van der Waals surface area contributed by atoms with E-state index in [0.29, 0.717) is 13.0 Å². The van der Waals surface area contributed by atoms with Gasteiger partial charge in [0.1, 0.15) is 12.1 Å². The monoisotopic (exact) mass is 417 g/mol. The van der Waals surface area contributed by atoms with Crippen LogP contribution in [-0.4, -0.2) is 77.0 Å². The molecular formula is C15H27N7O7. The molecule has 0 radical (unpaired) electrons. The first-order chi connectivity index (χ1) is 13.4. The van der Waals surface area contributed by atoms with E-state index in [9.17, 15) is 24.0 Å². The van der Waals surface area contributed by atoms with Gasteiger partial charge in [-0.25, -0.2) is 0 Å². The zero-order chi connectivity index (χ0) is 22.6. The van der Waals surface area contributed by atoms with E-state index in [-0.39, 0.29) is 12.4 Å². The molecule has 0 spiro atoms. The van der Waals surface area contributed by atoms with Crippen LogP contribution in [0.2, 0.25) is 0 Å². The maximum Gasteiger partial charge on any atom is 0.325 e. The van der Waals surface area contributed by atoms with Crippen molar-refractivity contribution in [3.8, 4) is 0 Å². The molecule has 0 bridgehead atoms. The van der Waals surface area contributed by atoms with E-state index in [4.69, 9.17) is 27.1 Å². The summed E-state index contributed by atoms with van der Waals surface area (Å²) < 4.78 is 0. The Morgan fingerprint density at radius 3 is 2.17 bits per heavy atom. The molecule has 0 unspecified atom stereocenters. The van der Waals surface area contributed by atoms with Crippen LogP contribution in [0.4, 0.5) is 0 Å². The number of carbonyl (C=O) groups is 5. The Labute approximate surface area is 166 Å². The lowest BCUT2D eigenvalue weighted by Gasteiger charge is -2.19. The maximum absolute atomic E-state index is 12.0. The van der Waals surface area contributed by atoms with Crippen LogP contribution in [0.1, 0.15) is 26.2 Å². The van der Waals surface area contributed by atoms with Gasteiger partial charge >= 0.3 is 11.9 Å². The third-order valence-corrected chi connectivity index (χ3v) is 3.53. The normalized spacial score (nSPS) is 13.3. The van der Waals surface area contributed by atoms with Gasteiger partial charge in [0.15, 0.2) is 5.96 Å². The van der Waals surface area contributed by atoms with E-state index >= 15 is 0 Å². The highest BCUT2D eigenvalue weighted by Gasteiger charge is 2.26. The fourth-order valence-corrected chi connectivity index (χ4v) is 1.98. The van der Waals surface area contributed by atoms with Gasteiger partial charge in [-0.3, -0.25) is 29.4 Å². The van der Waals surface area contributed by atoms with Crippen LogP contribution in [0.5, 0.6) is 0 Å². The number of hydrogen-bond donors (Lipinski definition) is 9. The van der Waals surface area contributed by atoms with Crippen LogP contribution < -0.4 is 32.7 Å². The average molecular weight is 417 g/mol. The number of carboxylic acid groups (broad SMARTS) is 2. The van der Waals surface area contributed by atoms with Gasteiger partial charge in [-0.1, -0.05) is 0 Å². The number of nitrogens with two attached hydrogens (primary N) is 2. The minimum Gasteiger partial charge on any atom is -0.481 e. The van der Waals surface area contributed by atoms with E-state index in [0.717, 1.165) is 0 Å². The predicted molar refractivity (Wildman–Crippen MR) is 99.6 cm³/mol. The van der Waals surface area contributed by atoms with Gasteiger partial charge in [-0.2, -0.15) is 0 Å². The van der Waals surface area contributed by atoms with Crippen LogP contribution >= 0.6 is 0 Å². The summed E-state index contributed by atoms with van der Waals surface area (Å²) in [4.78, 5) is 57.4. The summed E-state index contributed by atoms with van der Waals surface area (Å²) in [5.41, 5.74) is 10.8. The van der Waals surface area contributed by atoms with Crippen molar-refractivity contribution < 1.29 is 34.2 Å². The molecule has 0 aliphatic rings. The first-order valence-corrected chi connectivity index (χ1v) is 8.59. The Bertz CT molecular complexity index is 641. The van der Waals surface area contributed by atoms with Gasteiger partial charge in [0.2, 0.25) is 17.7 Å². The van der Waals surface area contributed by atoms with Gasteiger partial charge in [-0.05, 0) is 19.8 Å². The molecule has 0 aliphatic heterocycles. The zero-order valence-electron chi connectivity index (χ0n) is 15.9. The average Bonchev–Trinajstić information content (AvgIpc) is 2.61. The third kappa shape index (κ3) is 11.8. The number of nitrogens with one attached hydrogen (secondary N) is 5. The molecule has 0 saturated carbocycles. The molecule has 14 heteroatoms. The van der Waals surface area contributed by atoms with Crippen molar-refractivity contribution in [2.24, 2.45) is 11.5 Å². The van der Waals surface area contributed by atoms with Crippen molar-refractivity contribution in [1.82, 2.24) is 21.3 Å². The summed E-state index contributed by atoms with van der Waals surface area (Å²) in [6.07, 6.45) is -0.0750. The van der Waals surface area contributed by atoms with E-state index < -0.39 is 60.8 Å². The zero-order valence-corrected chi connectivity index (χ0v) is 15.9. The quantitative estimate of drug-likeness (QED) is 0.0803. The lowest BCUT2D eigenvalue weighted by Crippen LogP contribution is -2.53. The fourth-order valence-electron chi connectivity index (χ4n) is 1.98. The van der Waals surface area contributed by atoms with Crippen molar-refractivity contribution >= 4 is 35.6 Å². The molecule has 164 valence electrons. The largest absolute Gasteiger partial charge is 0.481 e. The molecule has 0 aromatic heterocycles. The van der Waals surface area contributed by atoms with Crippen molar-refractivity contribution in [2.75, 3.05) is 13.1 Å². The van der Waals surface area contributed by atoms with Crippen LogP contribution in [-0.2, 0) is 24.0 Å². The summed E-state index contributed by atoms with van der Waals surface area (Å²) in [6, 6.07) is -3.73. The Kier molecular flexibility index (Phi) is 11.4. The van der Waals surface area contributed by atoms with Gasteiger partial charge < -0.3 is 42.9 Å². The SMILES string of the molecule is C[C@H](NC(=O)[C@H](CC(=O)O)NC(=O)CNC(=O)[C@@H](N)CCCNC(=N)N)C(=O)O. The molecule has 11 N–H and O–H groups in total. The number of rotatable bonds is 13. The van der Waals surface area contributed by atoms with Crippen LogP contribution in [0.3, 0.4) is 0 Å². The van der Waals surface area contributed by atoms with E-state index in [1.165, 1.54) is 6.92 Å². The highest BCUT2D eigenvalue weighted by Crippen LogP contribution is 1.96. The number of amides is 3.